The fourth-order valence-electron chi connectivity index (χ4n) is 3.54. The van der Waals surface area contributed by atoms with E-state index in [1.54, 1.807) is 13.2 Å². The van der Waals surface area contributed by atoms with Gasteiger partial charge in [-0.25, -0.2) is 0 Å². The zero-order valence-electron chi connectivity index (χ0n) is 16.7. The summed E-state index contributed by atoms with van der Waals surface area (Å²) < 4.78 is 5.40. The van der Waals surface area contributed by atoms with Gasteiger partial charge in [-0.3, -0.25) is 14.5 Å². The lowest BCUT2D eigenvalue weighted by Crippen LogP contribution is -2.34. The van der Waals surface area contributed by atoms with Gasteiger partial charge < -0.3 is 10.1 Å². The van der Waals surface area contributed by atoms with E-state index in [4.69, 9.17) is 4.74 Å². The number of amides is 2. The van der Waals surface area contributed by atoms with Crippen molar-refractivity contribution in [2.75, 3.05) is 19.0 Å². The summed E-state index contributed by atoms with van der Waals surface area (Å²) in [6.07, 6.45) is 0.600. The molecule has 0 spiro atoms. The maximum Gasteiger partial charge on any atom is 0.278 e. The summed E-state index contributed by atoms with van der Waals surface area (Å²) in [5, 5.41) is 3.16. The van der Waals surface area contributed by atoms with Gasteiger partial charge >= 0.3 is 0 Å². The first kappa shape index (κ1) is 19.5. The first-order chi connectivity index (χ1) is 14.7. The maximum absolute atomic E-state index is 13.3. The van der Waals surface area contributed by atoms with Crippen molar-refractivity contribution in [3.8, 4) is 5.75 Å². The summed E-state index contributed by atoms with van der Waals surface area (Å²) in [5.41, 5.74) is 3.05. The molecule has 0 fully saturated rings. The molecule has 150 valence electrons. The highest BCUT2D eigenvalue weighted by molar-refractivity contribution is 6.36. The van der Waals surface area contributed by atoms with Crippen LogP contribution in [0.25, 0.3) is 5.57 Å². The van der Waals surface area contributed by atoms with E-state index in [2.05, 4.69) is 5.32 Å². The van der Waals surface area contributed by atoms with Crippen LogP contribution in [0.5, 0.6) is 5.75 Å². The average Bonchev–Trinajstić information content (AvgIpc) is 3.03. The quantitative estimate of drug-likeness (QED) is 0.608. The molecule has 2 amide bonds. The summed E-state index contributed by atoms with van der Waals surface area (Å²) in [4.78, 5) is 27.9. The number of imide groups is 1. The third kappa shape index (κ3) is 3.82. The first-order valence-electron chi connectivity index (χ1n) is 9.79. The van der Waals surface area contributed by atoms with Crippen LogP contribution in [0.3, 0.4) is 0 Å². The van der Waals surface area contributed by atoms with Gasteiger partial charge in [0.05, 0.1) is 18.4 Å². The number of para-hydroxylation sites is 2. The van der Waals surface area contributed by atoms with Gasteiger partial charge in [-0.15, -0.1) is 0 Å². The third-order valence-corrected chi connectivity index (χ3v) is 5.06. The molecule has 3 aromatic carbocycles. The highest BCUT2D eigenvalue weighted by Crippen LogP contribution is 2.33. The molecule has 5 heteroatoms. The van der Waals surface area contributed by atoms with Gasteiger partial charge in [0.25, 0.3) is 11.8 Å². The minimum Gasteiger partial charge on any atom is -0.495 e. The van der Waals surface area contributed by atoms with Crippen molar-refractivity contribution in [2.45, 2.75) is 6.42 Å². The Labute approximate surface area is 175 Å². The van der Waals surface area contributed by atoms with E-state index in [0.717, 1.165) is 5.56 Å². The third-order valence-electron chi connectivity index (χ3n) is 5.06. The van der Waals surface area contributed by atoms with E-state index in [0.29, 0.717) is 35.5 Å². The molecule has 1 N–H and O–H groups in total. The summed E-state index contributed by atoms with van der Waals surface area (Å²) in [6.45, 7) is 0.315. The van der Waals surface area contributed by atoms with Crippen LogP contribution in [-0.2, 0) is 16.0 Å². The molecule has 0 atom stereocenters. The Kier molecular flexibility index (Phi) is 5.61. The maximum atomic E-state index is 13.3. The van der Waals surface area contributed by atoms with Crippen LogP contribution in [0.2, 0.25) is 0 Å². The molecule has 0 radical (unpaired) electrons. The predicted octanol–water partition coefficient (Wildman–Crippen LogP) is 4.13. The van der Waals surface area contributed by atoms with Crippen LogP contribution in [0, 0.1) is 0 Å². The lowest BCUT2D eigenvalue weighted by atomic mass is 10.0. The fourth-order valence-corrected chi connectivity index (χ4v) is 3.54. The largest absolute Gasteiger partial charge is 0.495 e. The van der Waals surface area contributed by atoms with E-state index in [9.17, 15) is 9.59 Å². The number of hydrogen-bond donors (Lipinski definition) is 1. The molecule has 0 unspecified atom stereocenters. The average molecular weight is 398 g/mol. The van der Waals surface area contributed by atoms with Gasteiger partial charge in [-0.2, -0.15) is 0 Å². The molecule has 0 aliphatic carbocycles. The minimum absolute atomic E-state index is 0.267. The zero-order valence-corrected chi connectivity index (χ0v) is 16.7. The zero-order chi connectivity index (χ0) is 20.9. The lowest BCUT2D eigenvalue weighted by molar-refractivity contribution is -0.136. The molecule has 0 saturated heterocycles. The van der Waals surface area contributed by atoms with Crippen LogP contribution < -0.4 is 10.1 Å². The number of carbonyl (C=O) groups excluding carboxylic acids is 2. The number of benzene rings is 3. The Morgan fingerprint density at radius 2 is 1.43 bits per heavy atom. The highest BCUT2D eigenvalue weighted by Gasteiger charge is 2.39. The van der Waals surface area contributed by atoms with Crippen LogP contribution in [0.1, 0.15) is 11.1 Å². The topological polar surface area (TPSA) is 58.6 Å². The molecule has 3 aromatic rings. The number of carbonyl (C=O) groups is 2. The smallest absolute Gasteiger partial charge is 0.278 e. The van der Waals surface area contributed by atoms with E-state index >= 15 is 0 Å². The summed E-state index contributed by atoms with van der Waals surface area (Å²) in [6, 6.07) is 26.4. The summed E-state index contributed by atoms with van der Waals surface area (Å²) in [5.74, 6) is -0.0272. The minimum atomic E-state index is -0.333. The van der Waals surface area contributed by atoms with E-state index in [1.165, 1.54) is 4.90 Å². The molecule has 0 saturated carbocycles. The van der Waals surface area contributed by atoms with Crippen molar-refractivity contribution < 1.29 is 14.3 Å². The van der Waals surface area contributed by atoms with E-state index < -0.39 is 0 Å². The molecule has 0 bridgehead atoms. The van der Waals surface area contributed by atoms with Crippen LogP contribution in [-0.4, -0.2) is 30.4 Å². The second kappa shape index (κ2) is 8.66. The van der Waals surface area contributed by atoms with Gasteiger partial charge in [-0.05, 0) is 29.7 Å². The number of nitrogens with zero attached hydrogens (tertiary/aromatic N) is 1. The van der Waals surface area contributed by atoms with E-state index in [1.807, 2.05) is 78.9 Å². The molecular weight excluding hydrogens is 376 g/mol. The summed E-state index contributed by atoms with van der Waals surface area (Å²) >= 11 is 0. The number of hydrogen-bond acceptors (Lipinski definition) is 4. The normalized spacial score (nSPS) is 13.7. The van der Waals surface area contributed by atoms with Crippen LogP contribution in [0.4, 0.5) is 5.69 Å². The number of rotatable bonds is 7. The molecular formula is C25H22N2O3. The highest BCUT2D eigenvalue weighted by atomic mass is 16.5. The van der Waals surface area contributed by atoms with Crippen molar-refractivity contribution in [1.29, 1.82) is 0 Å². The van der Waals surface area contributed by atoms with Gasteiger partial charge in [0.1, 0.15) is 11.4 Å². The van der Waals surface area contributed by atoms with Gasteiger partial charge in [0.2, 0.25) is 0 Å². The van der Waals surface area contributed by atoms with Crippen molar-refractivity contribution in [2.24, 2.45) is 0 Å². The Balaban J connectivity index is 1.68. The summed E-state index contributed by atoms with van der Waals surface area (Å²) in [7, 11) is 1.57. The monoisotopic (exact) mass is 398 g/mol. The molecule has 1 heterocycles. The molecule has 4 rings (SSSR count). The number of ether oxygens (including phenoxy) is 1. The van der Waals surface area contributed by atoms with E-state index in [-0.39, 0.29) is 17.5 Å². The van der Waals surface area contributed by atoms with Gasteiger partial charge in [0.15, 0.2) is 0 Å². The lowest BCUT2D eigenvalue weighted by Gasteiger charge is -2.16. The Bertz CT molecular complexity index is 1090. The van der Waals surface area contributed by atoms with Crippen molar-refractivity contribution >= 4 is 23.1 Å². The van der Waals surface area contributed by atoms with Gasteiger partial charge in [-0.1, -0.05) is 72.8 Å². The predicted molar refractivity (Wildman–Crippen MR) is 117 cm³/mol. The number of anilines is 1. The van der Waals surface area contributed by atoms with Crippen molar-refractivity contribution in [1.82, 2.24) is 4.90 Å². The van der Waals surface area contributed by atoms with Crippen molar-refractivity contribution in [3.63, 3.8) is 0 Å². The Morgan fingerprint density at radius 3 is 2.13 bits per heavy atom. The number of methoxy groups -OCH3 is 1. The van der Waals surface area contributed by atoms with Crippen LogP contribution in [0.15, 0.2) is 90.6 Å². The standard InChI is InChI=1S/C25H22N2O3/c1-30-21-15-9-8-14-20(21)26-23-22(19-12-6-3-7-13-19)24(28)27(25(23)29)17-16-18-10-4-2-5-11-18/h2-15,26H,16-17H2,1H3. The number of nitrogens with one attached hydrogen (secondary N) is 1. The fraction of sp³-hybridized carbons (Fsp3) is 0.120. The Morgan fingerprint density at radius 1 is 0.800 bits per heavy atom. The molecule has 1 aliphatic rings. The van der Waals surface area contributed by atoms with Crippen molar-refractivity contribution in [3.05, 3.63) is 102 Å². The second-order valence-electron chi connectivity index (χ2n) is 6.94. The molecule has 1 aliphatic heterocycles. The van der Waals surface area contributed by atoms with Gasteiger partial charge in [0, 0.05) is 6.54 Å². The Hall–Kier alpha value is -3.86. The molecule has 5 nitrogen and oxygen atoms in total. The molecule has 0 aromatic heterocycles. The SMILES string of the molecule is COc1ccccc1NC1=C(c2ccccc2)C(=O)N(CCc2ccccc2)C1=O. The van der Waals surface area contributed by atoms with Crippen LogP contribution >= 0.6 is 0 Å². The first-order valence-corrected chi connectivity index (χ1v) is 9.79. The second-order valence-corrected chi connectivity index (χ2v) is 6.94. The molecule has 30 heavy (non-hydrogen) atoms.